The number of imidazole rings is 1. The van der Waals surface area contributed by atoms with Crippen molar-refractivity contribution in [1.29, 1.82) is 5.26 Å². The van der Waals surface area contributed by atoms with Crippen molar-refractivity contribution in [1.82, 2.24) is 14.5 Å². The van der Waals surface area contributed by atoms with E-state index in [1.54, 1.807) is 4.90 Å². The van der Waals surface area contributed by atoms with Gasteiger partial charge in [-0.3, -0.25) is 9.36 Å². The molecule has 0 aliphatic carbocycles. The average Bonchev–Trinajstić information content (AvgIpc) is 3.32. The fourth-order valence-electron chi connectivity index (χ4n) is 5.97. The van der Waals surface area contributed by atoms with E-state index in [0.29, 0.717) is 25.2 Å². The molecule has 1 saturated heterocycles. The molecule has 1 aliphatic heterocycles. The Hall–Kier alpha value is -4.58. The number of methoxy groups -OCH3 is 1. The number of ether oxygens (including phenoxy) is 2. The molecule has 1 fully saturated rings. The van der Waals surface area contributed by atoms with E-state index in [4.69, 9.17) is 14.5 Å². The molecule has 3 aromatic carbocycles. The van der Waals surface area contributed by atoms with Crippen molar-refractivity contribution in [2.75, 3.05) is 31.6 Å². The maximum absolute atomic E-state index is 12.7. The summed E-state index contributed by atoms with van der Waals surface area (Å²) in [5.74, 6) is 0.225. The highest BCUT2D eigenvalue weighted by Crippen LogP contribution is 2.33. The number of benzene rings is 3. The second kappa shape index (κ2) is 12.0. The SMILES string of the molecule is COC(=O)C(C)CN(c1ccc2nc(C)n(-c3ccc(C#N)c4ccccc34)c2c1)C1CCN(C(=O)OC(C)(C)C)CC1. The van der Waals surface area contributed by atoms with Crippen molar-refractivity contribution in [3.05, 3.63) is 66.0 Å². The highest BCUT2D eigenvalue weighted by molar-refractivity contribution is 5.96. The van der Waals surface area contributed by atoms with E-state index in [0.717, 1.165) is 51.8 Å². The van der Waals surface area contributed by atoms with Crippen LogP contribution in [-0.4, -0.2) is 64.9 Å². The monoisotopic (exact) mass is 581 g/mol. The lowest BCUT2D eigenvalue weighted by molar-refractivity contribution is -0.144. The van der Waals surface area contributed by atoms with Crippen LogP contribution in [0.4, 0.5) is 10.5 Å². The van der Waals surface area contributed by atoms with Gasteiger partial charge in [0, 0.05) is 42.1 Å². The third-order valence-electron chi connectivity index (χ3n) is 8.03. The number of amides is 1. The molecule has 9 nitrogen and oxygen atoms in total. The largest absolute Gasteiger partial charge is 0.469 e. The first-order valence-electron chi connectivity index (χ1n) is 14.7. The topological polar surface area (TPSA) is 101 Å². The third-order valence-corrected chi connectivity index (χ3v) is 8.03. The molecule has 9 heteroatoms. The van der Waals surface area contributed by atoms with E-state index < -0.39 is 5.60 Å². The Morgan fingerprint density at radius 3 is 2.44 bits per heavy atom. The predicted octanol–water partition coefficient (Wildman–Crippen LogP) is 6.37. The average molecular weight is 582 g/mol. The summed E-state index contributed by atoms with van der Waals surface area (Å²) >= 11 is 0. The van der Waals surface area contributed by atoms with Gasteiger partial charge in [0.05, 0.1) is 41.4 Å². The summed E-state index contributed by atoms with van der Waals surface area (Å²) in [6.07, 6.45) is 1.18. The number of carbonyl (C=O) groups is 2. The Morgan fingerprint density at radius 2 is 1.79 bits per heavy atom. The minimum atomic E-state index is -0.549. The summed E-state index contributed by atoms with van der Waals surface area (Å²) in [4.78, 5) is 34.1. The first kappa shape index (κ1) is 29.9. The molecule has 0 spiro atoms. The summed E-state index contributed by atoms with van der Waals surface area (Å²) < 4.78 is 12.8. The van der Waals surface area contributed by atoms with Crippen LogP contribution in [0.3, 0.4) is 0 Å². The lowest BCUT2D eigenvalue weighted by Gasteiger charge is -2.40. The number of piperidine rings is 1. The molecule has 4 aromatic rings. The number of nitrogens with zero attached hydrogens (tertiary/aromatic N) is 5. The Kier molecular flexibility index (Phi) is 8.32. The maximum Gasteiger partial charge on any atom is 0.410 e. The van der Waals surface area contributed by atoms with E-state index in [9.17, 15) is 14.9 Å². The van der Waals surface area contributed by atoms with Gasteiger partial charge in [0.2, 0.25) is 0 Å². The maximum atomic E-state index is 12.7. The van der Waals surface area contributed by atoms with Gasteiger partial charge >= 0.3 is 12.1 Å². The summed E-state index contributed by atoms with van der Waals surface area (Å²) in [5.41, 5.74) is 3.79. The van der Waals surface area contributed by atoms with Crippen molar-refractivity contribution in [3.8, 4) is 11.8 Å². The number of anilines is 1. The number of hydrogen-bond donors (Lipinski definition) is 0. The van der Waals surface area contributed by atoms with E-state index in [1.807, 2.05) is 77.1 Å². The minimum absolute atomic E-state index is 0.108. The zero-order chi connectivity index (χ0) is 30.9. The molecule has 1 aromatic heterocycles. The fraction of sp³-hybridized carbons (Fsp3) is 0.412. The van der Waals surface area contributed by atoms with Crippen LogP contribution in [0.5, 0.6) is 0 Å². The van der Waals surface area contributed by atoms with Crippen LogP contribution >= 0.6 is 0 Å². The number of aryl methyl sites for hydroxylation is 1. The van der Waals surface area contributed by atoms with Gasteiger partial charge in [0.1, 0.15) is 11.4 Å². The molecule has 1 unspecified atom stereocenters. The van der Waals surface area contributed by atoms with E-state index in [1.165, 1.54) is 7.11 Å². The second-order valence-corrected chi connectivity index (χ2v) is 12.2. The number of likely N-dealkylation sites (tertiary alicyclic amines) is 1. The molecule has 1 aliphatic rings. The minimum Gasteiger partial charge on any atom is -0.469 e. The van der Waals surface area contributed by atoms with Gasteiger partial charge in [0.25, 0.3) is 0 Å². The number of hydrogen-bond acceptors (Lipinski definition) is 7. The lowest BCUT2D eigenvalue weighted by Crippen LogP contribution is -2.49. The van der Waals surface area contributed by atoms with Crippen molar-refractivity contribution in [2.24, 2.45) is 5.92 Å². The van der Waals surface area contributed by atoms with Crippen LogP contribution in [0.2, 0.25) is 0 Å². The number of nitriles is 1. The van der Waals surface area contributed by atoms with Gasteiger partial charge in [0.15, 0.2) is 0 Å². The van der Waals surface area contributed by atoms with Gasteiger partial charge < -0.3 is 19.3 Å². The Labute approximate surface area is 252 Å². The summed E-state index contributed by atoms with van der Waals surface area (Å²) in [6, 6.07) is 20.4. The standard InChI is InChI=1S/C34H39N5O4/c1-22(32(40)42-6)21-38(25-15-17-37(18-16-25)33(41)43-34(3,4)5)26-12-13-29-31(19-26)39(23(2)36-29)30-14-11-24(20-35)27-9-7-8-10-28(27)30/h7-14,19,22,25H,15-18,21H2,1-6H3. The summed E-state index contributed by atoms with van der Waals surface area (Å²) in [5, 5.41) is 11.6. The molecule has 1 atom stereocenters. The van der Waals surface area contributed by atoms with E-state index in [-0.39, 0.29) is 24.0 Å². The van der Waals surface area contributed by atoms with Crippen molar-refractivity contribution < 1.29 is 19.1 Å². The number of carbonyl (C=O) groups excluding carboxylic acids is 2. The van der Waals surface area contributed by atoms with Crippen molar-refractivity contribution in [2.45, 2.75) is 59.1 Å². The van der Waals surface area contributed by atoms with Crippen LogP contribution in [0.25, 0.3) is 27.5 Å². The smallest absolute Gasteiger partial charge is 0.410 e. The normalized spacial score (nSPS) is 14.9. The van der Waals surface area contributed by atoms with Crippen LogP contribution in [0, 0.1) is 24.2 Å². The van der Waals surface area contributed by atoms with Gasteiger partial charge in [-0.25, -0.2) is 9.78 Å². The fourth-order valence-corrected chi connectivity index (χ4v) is 5.97. The summed E-state index contributed by atoms with van der Waals surface area (Å²) in [7, 11) is 1.41. The lowest BCUT2D eigenvalue weighted by atomic mass is 10.00. The van der Waals surface area contributed by atoms with E-state index >= 15 is 0 Å². The highest BCUT2D eigenvalue weighted by Gasteiger charge is 2.32. The van der Waals surface area contributed by atoms with Crippen molar-refractivity contribution >= 4 is 39.6 Å². The summed E-state index contributed by atoms with van der Waals surface area (Å²) in [6.45, 7) is 11.1. The highest BCUT2D eigenvalue weighted by atomic mass is 16.6. The Balaban J connectivity index is 1.53. The molecule has 224 valence electrons. The van der Waals surface area contributed by atoms with Gasteiger partial charge in [-0.2, -0.15) is 5.26 Å². The number of fused-ring (bicyclic) bond motifs is 2. The first-order valence-corrected chi connectivity index (χ1v) is 14.7. The quantitative estimate of drug-likeness (QED) is 0.244. The molecule has 5 rings (SSSR count). The molecular formula is C34H39N5O4. The third kappa shape index (κ3) is 6.14. The van der Waals surface area contributed by atoms with Crippen LogP contribution in [-0.2, 0) is 14.3 Å². The molecule has 0 bridgehead atoms. The first-order chi connectivity index (χ1) is 20.5. The molecule has 1 amide bonds. The van der Waals surface area contributed by atoms with Crippen LogP contribution < -0.4 is 4.90 Å². The van der Waals surface area contributed by atoms with Gasteiger partial charge in [-0.1, -0.05) is 31.2 Å². The second-order valence-electron chi connectivity index (χ2n) is 12.2. The Morgan fingerprint density at radius 1 is 1.09 bits per heavy atom. The Bertz CT molecular complexity index is 1710. The van der Waals surface area contributed by atoms with Crippen LogP contribution in [0.1, 0.15) is 51.9 Å². The molecular weight excluding hydrogens is 542 g/mol. The van der Waals surface area contributed by atoms with E-state index in [2.05, 4.69) is 27.7 Å². The molecule has 0 saturated carbocycles. The molecule has 0 radical (unpaired) electrons. The number of esters is 1. The molecule has 0 N–H and O–H groups in total. The predicted molar refractivity (Wildman–Crippen MR) is 167 cm³/mol. The zero-order valence-electron chi connectivity index (χ0n) is 25.8. The number of aromatic nitrogens is 2. The van der Waals surface area contributed by atoms with Crippen LogP contribution in [0.15, 0.2) is 54.6 Å². The molecule has 43 heavy (non-hydrogen) atoms. The zero-order valence-corrected chi connectivity index (χ0v) is 25.8. The number of rotatable bonds is 6. The molecule has 2 heterocycles. The van der Waals surface area contributed by atoms with Crippen molar-refractivity contribution in [3.63, 3.8) is 0 Å². The van der Waals surface area contributed by atoms with Gasteiger partial charge in [-0.15, -0.1) is 0 Å². The van der Waals surface area contributed by atoms with Gasteiger partial charge in [-0.05, 0) is 70.9 Å².